The van der Waals surface area contributed by atoms with Crippen LogP contribution in [0.3, 0.4) is 0 Å². The number of Topliss-reactive ketones (excluding diaryl/α,β-unsaturated/α-hetero) is 2. The Hall–Kier alpha value is -0.910. The molecule has 4 aliphatic rings. The average molecular weight is 294 g/mol. The van der Waals surface area contributed by atoms with Crippen molar-refractivity contribution in [3.63, 3.8) is 0 Å². The van der Waals surface area contributed by atoms with Crippen molar-refractivity contribution in [1.82, 2.24) is 0 Å². The maximum absolute atomic E-state index is 12.8. The lowest BCUT2D eigenvalue weighted by molar-refractivity contribution is -0.239. The summed E-state index contributed by atoms with van der Waals surface area (Å²) in [6.45, 7) is 3.59. The number of carbonyl (C=O) groups is 2. The molecule has 0 aromatic heterocycles. The number of methoxy groups -OCH3 is 2. The van der Waals surface area contributed by atoms with Crippen LogP contribution in [0.15, 0.2) is 22.6 Å². The van der Waals surface area contributed by atoms with E-state index in [0.29, 0.717) is 5.57 Å². The second kappa shape index (κ2) is 4.55. The van der Waals surface area contributed by atoms with Gasteiger partial charge in [-0.05, 0) is 19.3 Å². The molecular weight excluding hydrogens is 276 g/mol. The molecule has 0 aromatic rings. The van der Waals surface area contributed by atoms with Crippen LogP contribution in [-0.2, 0) is 19.1 Å². The third kappa shape index (κ3) is 1.51. The number of ether oxygens (including phenoxy) is 2. The molecule has 1 aliphatic heterocycles. The molecule has 1 fully saturated rings. The zero-order valence-corrected chi connectivity index (χ0v) is 12.8. The maximum Gasteiger partial charge on any atom is 0.237 e. The van der Waals surface area contributed by atoms with Gasteiger partial charge in [0.1, 0.15) is 0 Å². The fourth-order valence-corrected chi connectivity index (χ4v) is 5.44. The molecule has 5 heteroatoms. The highest BCUT2D eigenvalue weighted by Gasteiger charge is 2.65. The van der Waals surface area contributed by atoms with Crippen LogP contribution in [0, 0.1) is 17.8 Å². The number of fused-ring (bicyclic) bond motifs is 1. The number of allylic oxidation sites excluding steroid dienone is 2. The summed E-state index contributed by atoms with van der Waals surface area (Å²) in [4.78, 5) is 24.8. The Balaban J connectivity index is 2.18. The predicted octanol–water partition coefficient (Wildman–Crippen LogP) is 1.95. The van der Waals surface area contributed by atoms with Gasteiger partial charge in [-0.25, -0.2) is 0 Å². The van der Waals surface area contributed by atoms with Crippen molar-refractivity contribution in [2.45, 2.75) is 24.9 Å². The predicted molar refractivity (Wildman–Crippen MR) is 76.1 cm³/mol. The van der Waals surface area contributed by atoms with Crippen molar-refractivity contribution < 1.29 is 19.1 Å². The quantitative estimate of drug-likeness (QED) is 0.745. The van der Waals surface area contributed by atoms with Crippen LogP contribution in [0.25, 0.3) is 0 Å². The Morgan fingerprint density at radius 2 is 2.00 bits per heavy atom. The Labute approximate surface area is 122 Å². The molecule has 0 radical (unpaired) electrons. The monoisotopic (exact) mass is 294 g/mol. The standard InChI is InChI=1S/C15H18O4S/c1-7-6-20-13-11(7)10-5-9(8(2)16)12(13)15(18-3,19-4)14(10)17/h5-6,10-13H,1-4H3. The summed E-state index contributed by atoms with van der Waals surface area (Å²) in [5.74, 6) is -1.87. The van der Waals surface area contributed by atoms with E-state index in [1.165, 1.54) is 19.8 Å². The molecular formula is C15H18O4S. The average Bonchev–Trinajstić information content (AvgIpc) is 2.83. The number of hydrogen-bond donors (Lipinski definition) is 0. The van der Waals surface area contributed by atoms with E-state index in [9.17, 15) is 9.59 Å². The Morgan fingerprint density at radius 1 is 1.35 bits per heavy atom. The van der Waals surface area contributed by atoms with Gasteiger partial charge in [-0.2, -0.15) is 0 Å². The largest absolute Gasteiger partial charge is 0.346 e. The first kappa shape index (κ1) is 14.0. The van der Waals surface area contributed by atoms with Gasteiger partial charge in [0.05, 0.1) is 5.92 Å². The summed E-state index contributed by atoms with van der Waals surface area (Å²) < 4.78 is 11.0. The lowest BCUT2D eigenvalue weighted by Gasteiger charge is -2.52. The van der Waals surface area contributed by atoms with Crippen molar-refractivity contribution >= 4 is 23.3 Å². The van der Waals surface area contributed by atoms with Gasteiger partial charge < -0.3 is 9.47 Å². The molecule has 0 amide bonds. The summed E-state index contributed by atoms with van der Waals surface area (Å²) >= 11 is 1.69. The van der Waals surface area contributed by atoms with Crippen molar-refractivity contribution in [3.05, 3.63) is 22.6 Å². The Morgan fingerprint density at radius 3 is 2.55 bits per heavy atom. The van der Waals surface area contributed by atoms with E-state index >= 15 is 0 Å². The van der Waals surface area contributed by atoms with E-state index in [4.69, 9.17) is 9.47 Å². The summed E-state index contributed by atoms with van der Waals surface area (Å²) in [5.41, 5.74) is 1.89. The molecule has 4 nitrogen and oxygen atoms in total. The van der Waals surface area contributed by atoms with Crippen LogP contribution in [0.2, 0.25) is 0 Å². The molecule has 4 unspecified atom stereocenters. The van der Waals surface area contributed by atoms with E-state index in [-0.39, 0.29) is 34.6 Å². The van der Waals surface area contributed by atoms with Crippen LogP contribution >= 0.6 is 11.8 Å². The van der Waals surface area contributed by atoms with Gasteiger partial charge in [-0.3, -0.25) is 9.59 Å². The van der Waals surface area contributed by atoms with Crippen LogP contribution in [0.4, 0.5) is 0 Å². The second-order valence-corrected chi connectivity index (χ2v) is 6.66. The van der Waals surface area contributed by atoms with Crippen LogP contribution < -0.4 is 0 Å². The van der Waals surface area contributed by atoms with Gasteiger partial charge in [0.2, 0.25) is 5.79 Å². The van der Waals surface area contributed by atoms with Crippen LogP contribution in [-0.4, -0.2) is 36.8 Å². The van der Waals surface area contributed by atoms with Crippen molar-refractivity contribution in [3.8, 4) is 0 Å². The summed E-state index contributed by atoms with van der Waals surface area (Å²) in [6.07, 6.45) is 1.84. The summed E-state index contributed by atoms with van der Waals surface area (Å²) in [7, 11) is 2.96. The number of thioether (sulfide) groups is 1. The van der Waals surface area contributed by atoms with Crippen LogP contribution in [0.5, 0.6) is 0 Å². The van der Waals surface area contributed by atoms with Crippen molar-refractivity contribution in [1.29, 1.82) is 0 Å². The van der Waals surface area contributed by atoms with E-state index in [1.54, 1.807) is 18.7 Å². The third-order valence-corrected chi connectivity index (χ3v) is 6.16. The van der Waals surface area contributed by atoms with Crippen molar-refractivity contribution in [2.75, 3.05) is 14.2 Å². The highest BCUT2D eigenvalue weighted by Crippen LogP contribution is 2.58. The fraction of sp³-hybridized carbons (Fsp3) is 0.600. The minimum Gasteiger partial charge on any atom is -0.346 e. The molecule has 1 heterocycles. The zero-order chi connectivity index (χ0) is 14.7. The fourth-order valence-electron chi connectivity index (χ4n) is 3.88. The van der Waals surface area contributed by atoms with Gasteiger partial charge in [0.15, 0.2) is 11.6 Å². The van der Waals surface area contributed by atoms with Crippen molar-refractivity contribution in [2.24, 2.45) is 17.8 Å². The van der Waals surface area contributed by atoms with E-state index in [0.717, 1.165) is 0 Å². The SMILES string of the molecule is COC1(OC)C(=O)C2C=C(C(C)=O)C1C1SC=C(C)C21. The molecule has 1 saturated carbocycles. The number of rotatable bonds is 3. The Kier molecular flexibility index (Phi) is 3.19. The first-order chi connectivity index (χ1) is 9.47. The van der Waals surface area contributed by atoms with E-state index in [2.05, 4.69) is 5.41 Å². The second-order valence-electron chi connectivity index (χ2n) is 5.61. The minimum absolute atomic E-state index is 0.00502. The molecule has 0 saturated heterocycles. The van der Waals surface area contributed by atoms with Gasteiger partial charge in [-0.1, -0.05) is 11.6 Å². The number of hydrogen-bond acceptors (Lipinski definition) is 5. The third-order valence-electron chi connectivity index (χ3n) is 4.77. The lowest BCUT2D eigenvalue weighted by Crippen LogP contribution is -2.65. The smallest absolute Gasteiger partial charge is 0.237 e. The molecule has 108 valence electrons. The highest BCUT2D eigenvalue weighted by atomic mass is 32.2. The molecule has 0 N–H and O–H groups in total. The molecule has 20 heavy (non-hydrogen) atoms. The molecule has 3 aliphatic carbocycles. The van der Waals surface area contributed by atoms with Gasteiger partial charge in [0, 0.05) is 36.9 Å². The molecule has 4 rings (SSSR count). The van der Waals surface area contributed by atoms with Gasteiger partial charge in [-0.15, -0.1) is 11.8 Å². The van der Waals surface area contributed by atoms with Gasteiger partial charge >= 0.3 is 0 Å². The van der Waals surface area contributed by atoms with Gasteiger partial charge in [0.25, 0.3) is 0 Å². The number of ketones is 2. The summed E-state index contributed by atoms with van der Waals surface area (Å²) in [5, 5.41) is 2.24. The maximum atomic E-state index is 12.8. The number of carbonyl (C=O) groups excluding carboxylic acids is 2. The first-order valence-electron chi connectivity index (χ1n) is 6.67. The normalized spacial score (nSPS) is 37.5. The summed E-state index contributed by atoms with van der Waals surface area (Å²) in [6, 6.07) is 0. The zero-order valence-electron chi connectivity index (χ0n) is 12.0. The lowest BCUT2D eigenvalue weighted by atomic mass is 9.59. The van der Waals surface area contributed by atoms with Crippen LogP contribution in [0.1, 0.15) is 13.8 Å². The molecule has 0 spiro atoms. The topological polar surface area (TPSA) is 52.6 Å². The Bertz CT molecular complexity index is 544. The molecule has 2 bridgehead atoms. The molecule has 0 aromatic carbocycles. The highest BCUT2D eigenvalue weighted by molar-refractivity contribution is 8.03. The molecule has 4 atom stereocenters. The first-order valence-corrected chi connectivity index (χ1v) is 7.61. The van der Waals surface area contributed by atoms with E-state index in [1.807, 2.05) is 13.0 Å². The van der Waals surface area contributed by atoms with E-state index < -0.39 is 5.79 Å². The minimum atomic E-state index is -1.31.